The molecule has 10 nitrogen and oxygen atoms in total. The van der Waals surface area contributed by atoms with Gasteiger partial charge in [-0.3, -0.25) is 0 Å². The maximum Gasteiger partial charge on any atom is 0.331 e. The monoisotopic (exact) mass is 550 g/mol. The molecule has 5 fully saturated rings. The Balaban J connectivity index is 1.21. The van der Waals surface area contributed by atoms with Crippen LogP contribution in [0.1, 0.15) is 71.6 Å². The molecule has 13 atom stereocenters. The van der Waals surface area contributed by atoms with Crippen molar-refractivity contribution in [3.05, 3.63) is 11.6 Å². The van der Waals surface area contributed by atoms with Gasteiger partial charge < -0.3 is 44.5 Å². The minimum Gasteiger partial charge on any atom is -0.458 e. The molecule has 6 rings (SSSR count). The number of ether oxygens (including phenoxy) is 3. The zero-order valence-electron chi connectivity index (χ0n) is 22.7. The average molecular weight is 551 g/mol. The van der Waals surface area contributed by atoms with E-state index in [0.717, 1.165) is 19.1 Å². The van der Waals surface area contributed by atoms with E-state index >= 15 is 0 Å². The maximum absolute atomic E-state index is 12.9. The van der Waals surface area contributed by atoms with E-state index in [1.54, 1.807) is 6.92 Å². The Kier molecular flexibility index (Phi) is 6.62. The molecule has 39 heavy (non-hydrogen) atoms. The van der Waals surface area contributed by atoms with Crippen molar-refractivity contribution in [1.82, 2.24) is 0 Å². The first-order valence-electron chi connectivity index (χ1n) is 14.5. The van der Waals surface area contributed by atoms with Crippen LogP contribution in [0.4, 0.5) is 0 Å². The standard InChI is InChI=1S/C29H42O10/c1-15-22(32)23(33)24(34)25(38-15)39-18-5-8-27(14-30)16(11-18)3-4-20-19(27)6-7-26(2)28(35,9-10-29(20,26)36)17-12-21(31)37-13-17/h12,14-16,18-20,22-25,32-36H,3-11,13H2,1-2H3/t15-,16-,18+,19-,20-,22-,23-,24-,25+,26-,27-,28+,29+/m1/s1. The second-order valence-electron chi connectivity index (χ2n) is 13.4. The van der Waals surface area contributed by atoms with Crippen LogP contribution in [0.15, 0.2) is 11.6 Å². The molecule has 0 radical (unpaired) electrons. The second-order valence-corrected chi connectivity index (χ2v) is 13.4. The number of aliphatic hydroxyl groups is 5. The van der Waals surface area contributed by atoms with Crippen molar-refractivity contribution in [3.63, 3.8) is 0 Å². The first-order chi connectivity index (χ1) is 18.4. The lowest BCUT2D eigenvalue weighted by Crippen LogP contribution is -2.66. The van der Waals surface area contributed by atoms with Crippen molar-refractivity contribution < 1.29 is 49.3 Å². The number of hydrogen-bond donors (Lipinski definition) is 5. The van der Waals surface area contributed by atoms with Crippen LogP contribution >= 0.6 is 0 Å². The minimum atomic E-state index is -1.37. The van der Waals surface area contributed by atoms with Gasteiger partial charge in [-0.1, -0.05) is 6.92 Å². The van der Waals surface area contributed by atoms with Gasteiger partial charge in [0.05, 0.1) is 23.4 Å². The number of hydrogen-bond acceptors (Lipinski definition) is 10. The number of carbonyl (C=O) groups excluding carboxylic acids is 2. The van der Waals surface area contributed by atoms with E-state index in [0.29, 0.717) is 50.5 Å². The molecule has 0 aromatic rings. The van der Waals surface area contributed by atoms with Gasteiger partial charge in [-0.15, -0.1) is 0 Å². The molecule has 0 unspecified atom stereocenters. The molecule has 0 amide bonds. The van der Waals surface area contributed by atoms with Crippen molar-refractivity contribution in [2.75, 3.05) is 6.61 Å². The summed E-state index contributed by atoms with van der Waals surface area (Å²) in [4.78, 5) is 24.7. The Morgan fingerprint density at radius 3 is 2.44 bits per heavy atom. The van der Waals surface area contributed by atoms with Crippen LogP contribution in [-0.4, -0.2) is 92.4 Å². The van der Waals surface area contributed by atoms with Crippen molar-refractivity contribution >= 4 is 12.3 Å². The smallest absolute Gasteiger partial charge is 0.331 e. The highest BCUT2D eigenvalue weighted by molar-refractivity contribution is 5.86. The summed E-state index contributed by atoms with van der Waals surface area (Å²) in [6, 6.07) is 0. The van der Waals surface area contributed by atoms with Gasteiger partial charge in [-0.2, -0.15) is 0 Å². The van der Waals surface area contributed by atoms with Crippen molar-refractivity contribution in [3.8, 4) is 0 Å². The van der Waals surface area contributed by atoms with Crippen molar-refractivity contribution in [2.45, 2.75) is 120 Å². The Morgan fingerprint density at radius 1 is 0.974 bits per heavy atom. The summed E-state index contributed by atoms with van der Waals surface area (Å²) in [7, 11) is 0. The minimum absolute atomic E-state index is 0.0286. The van der Waals surface area contributed by atoms with E-state index in [-0.39, 0.29) is 30.5 Å². The van der Waals surface area contributed by atoms with E-state index < -0.39 is 58.7 Å². The maximum atomic E-state index is 12.9. The zero-order chi connectivity index (χ0) is 28.0. The van der Waals surface area contributed by atoms with E-state index in [4.69, 9.17) is 14.2 Å². The Hall–Kier alpha value is -1.40. The molecule has 2 aliphatic heterocycles. The molecule has 1 saturated heterocycles. The van der Waals surface area contributed by atoms with Crippen molar-refractivity contribution in [2.24, 2.45) is 28.6 Å². The summed E-state index contributed by atoms with van der Waals surface area (Å²) in [5.74, 6) is -0.597. The Morgan fingerprint density at radius 2 is 1.74 bits per heavy atom. The lowest BCUT2D eigenvalue weighted by Gasteiger charge is -2.63. The number of cyclic esters (lactones) is 1. The quantitative estimate of drug-likeness (QED) is 0.192. The molecule has 10 heteroatoms. The zero-order valence-corrected chi connectivity index (χ0v) is 22.7. The number of fused-ring (bicyclic) bond motifs is 5. The molecule has 2 heterocycles. The molecule has 0 aromatic carbocycles. The summed E-state index contributed by atoms with van der Waals surface area (Å²) in [5.41, 5.74) is -3.42. The summed E-state index contributed by atoms with van der Waals surface area (Å²) in [5, 5.41) is 54.9. The molecule has 5 N–H and O–H groups in total. The fourth-order valence-electron chi connectivity index (χ4n) is 9.70. The number of carbonyl (C=O) groups is 2. The summed E-state index contributed by atoms with van der Waals surface area (Å²) < 4.78 is 16.9. The van der Waals surface area contributed by atoms with Gasteiger partial charge in [0.2, 0.25) is 0 Å². The number of aldehydes is 1. The van der Waals surface area contributed by atoms with Crippen LogP contribution in [-0.2, 0) is 23.8 Å². The van der Waals surface area contributed by atoms with Gasteiger partial charge in [0, 0.05) is 22.5 Å². The molecule has 0 bridgehead atoms. The summed E-state index contributed by atoms with van der Waals surface area (Å²) >= 11 is 0. The highest BCUT2D eigenvalue weighted by atomic mass is 16.7. The number of rotatable bonds is 4. The van der Waals surface area contributed by atoms with E-state index in [2.05, 4.69) is 0 Å². The lowest BCUT2D eigenvalue weighted by molar-refractivity contribution is -0.310. The first-order valence-corrected chi connectivity index (χ1v) is 14.5. The SMILES string of the molecule is C[C@H]1O[C@@H](O[C@H]2CC[C@@]3(C=O)[C@H](CC[C@@H]4[C@H]3CC[C@]3(C)[C@@](O)(C5=CC(=O)OC5)CC[C@]43O)C2)[C@H](O)[C@H](O)[C@@H]1O. The summed E-state index contributed by atoms with van der Waals surface area (Å²) in [6.07, 6.45) is 1.74. The molecule has 218 valence electrons. The largest absolute Gasteiger partial charge is 0.458 e. The molecule has 4 saturated carbocycles. The molecular weight excluding hydrogens is 508 g/mol. The van der Waals surface area contributed by atoms with Crippen molar-refractivity contribution in [1.29, 1.82) is 0 Å². The normalized spacial score (nSPS) is 55.2. The number of aliphatic hydroxyl groups excluding tert-OH is 3. The fraction of sp³-hybridized carbons (Fsp3) is 0.862. The van der Waals surface area contributed by atoms with Gasteiger partial charge >= 0.3 is 5.97 Å². The molecule has 6 aliphatic rings. The van der Waals surface area contributed by atoms with E-state index in [1.807, 2.05) is 6.92 Å². The predicted molar refractivity (Wildman–Crippen MR) is 135 cm³/mol. The highest BCUT2D eigenvalue weighted by Crippen LogP contribution is 2.70. The Labute approximate surface area is 228 Å². The molecule has 0 aromatic heterocycles. The Bertz CT molecular complexity index is 1050. The van der Waals surface area contributed by atoms with Crippen LogP contribution in [0.25, 0.3) is 0 Å². The second kappa shape index (κ2) is 9.31. The van der Waals surface area contributed by atoms with Gasteiger partial charge in [-0.05, 0) is 82.5 Å². The third kappa shape index (κ3) is 3.72. The molecule has 0 spiro atoms. The third-order valence-corrected chi connectivity index (χ3v) is 12.1. The summed E-state index contributed by atoms with van der Waals surface area (Å²) in [6.45, 7) is 3.60. The van der Waals surface area contributed by atoms with Crippen LogP contribution in [0.3, 0.4) is 0 Å². The molecule has 4 aliphatic carbocycles. The van der Waals surface area contributed by atoms with Crippen LogP contribution in [0.2, 0.25) is 0 Å². The fourth-order valence-corrected chi connectivity index (χ4v) is 9.70. The first kappa shape index (κ1) is 27.8. The number of esters is 1. The average Bonchev–Trinajstić information content (AvgIpc) is 3.45. The van der Waals surface area contributed by atoms with Gasteiger partial charge in [0.15, 0.2) is 6.29 Å². The third-order valence-electron chi connectivity index (χ3n) is 12.1. The topological polar surface area (TPSA) is 163 Å². The van der Waals surface area contributed by atoms with Gasteiger partial charge in [0.1, 0.15) is 31.2 Å². The van der Waals surface area contributed by atoms with Crippen LogP contribution in [0.5, 0.6) is 0 Å². The molecular formula is C29H42O10. The van der Waals surface area contributed by atoms with E-state index in [1.165, 1.54) is 6.08 Å². The lowest BCUT2D eigenvalue weighted by atomic mass is 9.42. The predicted octanol–water partition coefficient (Wildman–Crippen LogP) is 0.750. The van der Waals surface area contributed by atoms with E-state index in [9.17, 15) is 35.1 Å². The van der Waals surface area contributed by atoms with Gasteiger partial charge in [0.25, 0.3) is 0 Å². The van der Waals surface area contributed by atoms with Crippen LogP contribution in [0, 0.1) is 28.6 Å². The van der Waals surface area contributed by atoms with Crippen LogP contribution < -0.4 is 0 Å². The van der Waals surface area contributed by atoms with Gasteiger partial charge in [-0.25, -0.2) is 4.79 Å². The highest BCUT2D eigenvalue weighted by Gasteiger charge is 2.73.